The Labute approximate surface area is 170 Å². The third-order valence-electron chi connectivity index (χ3n) is 5.28. The van der Waals surface area contributed by atoms with Gasteiger partial charge in [0, 0.05) is 30.6 Å². The van der Waals surface area contributed by atoms with Crippen LogP contribution in [0.2, 0.25) is 0 Å². The van der Waals surface area contributed by atoms with Crippen molar-refractivity contribution in [2.75, 3.05) is 20.8 Å². The van der Waals surface area contributed by atoms with Crippen molar-refractivity contribution < 1.29 is 19.1 Å². The summed E-state index contributed by atoms with van der Waals surface area (Å²) in [6, 6.07) is 8.43. The SMILES string of the molecule is COCCn1c(C)cc(/C=N/N2C(=O)NC(C)(c3ccc(OC)cc3)C2=O)c1C. The number of carbonyl (C=O) groups excluding carboxylic acids is 2. The van der Waals surface area contributed by atoms with Crippen LogP contribution in [0.3, 0.4) is 0 Å². The van der Waals surface area contributed by atoms with Gasteiger partial charge in [-0.15, -0.1) is 5.01 Å². The summed E-state index contributed by atoms with van der Waals surface area (Å²) in [5.74, 6) is 0.241. The summed E-state index contributed by atoms with van der Waals surface area (Å²) in [6.07, 6.45) is 1.54. The van der Waals surface area contributed by atoms with E-state index in [0.717, 1.165) is 28.5 Å². The normalized spacial score (nSPS) is 19.3. The number of hydrogen-bond donors (Lipinski definition) is 1. The lowest BCUT2D eigenvalue weighted by atomic mass is 9.92. The van der Waals surface area contributed by atoms with Gasteiger partial charge in [0.1, 0.15) is 11.3 Å². The van der Waals surface area contributed by atoms with Crippen LogP contribution < -0.4 is 10.1 Å². The van der Waals surface area contributed by atoms with Crippen LogP contribution in [0.4, 0.5) is 4.79 Å². The number of benzene rings is 1. The van der Waals surface area contributed by atoms with Crippen LogP contribution in [0.1, 0.15) is 29.4 Å². The predicted octanol–water partition coefficient (Wildman–Crippen LogP) is 2.56. The predicted molar refractivity (Wildman–Crippen MR) is 109 cm³/mol. The van der Waals surface area contributed by atoms with Gasteiger partial charge in [-0.25, -0.2) is 4.79 Å². The van der Waals surface area contributed by atoms with E-state index in [4.69, 9.17) is 9.47 Å². The molecule has 0 spiro atoms. The average Bonchev–Trinajstić information content (AvgIpc) is 3.11. The van der Waals surface area contributed by atoms with Gasteiger partial charge in [-0.2, -0.15) is 5.10 Å². The summed E-state index contributed by atoms with van der Waals surface area (Å²) in [4.78, 5) is 25.4. The van der Waals surface area contributed by atoms with Crippen LogP contribution in [-0.2, 0) is 21.6 Å². The summed E-state index contributed by atoms with van der Waals surface area (Å²) in [7, 11) is 3.23. The zero-order valence-electron chi connectivity index (χ0n) is 17.4. The van der Waals surface area contributed by atoms with Crippen molar-refractivity contribution in [1.82, 2.24) is 14.9 Å². The number of nitrogens with one attached hydrogen (secondary N) is 1. The zero-order chi connectivity index (χ0) is 21.2. The molecule has 1 atom stereocenters. The number of aromatic nitrogens is 1. The second kappa shape index (κ2) is 8.08. The quantitative estimate of drug-likeness (QED) is 0.574. The molecule has 0 aliphatic carbocycles. The molecular weight excluding hydrogens is 372 g/mol. The molecule has 3 amide bonds. The molecule has 1 fully saturated rings. The van der Waals surface area contributed by atoms with Gasteiger partial charge in [0.25, 0.3) is 5.91 Å². The minimum atomic E-state index is -1.18. The first kappa shape index (κ1) is 20.6. The van der Waals surface area contributed by atoms with E-state index in [-0.39, 0.29) is 0 Å². The number of rotatable bonds is 7. The number of hydrogen-bond acceptors (Lipinski definition) is 5. The van der Waals surface area contributed by atoms with Gasteiger partial charge in [0.15, 0.2) is 0 Å². The Hall–Kier alpha value is -3.13. The largest absolute Gasteiger partial charge is 0.497 e. The molecule has 1 aromatic carbocycles. The first-order valence-corrected chi connectivity index (χ1v) is 9.32. The van der Waals surface area contributed by atoms with Gasteiger partial charge in [-0.1, -0.05) is 12.1 Å². The van der Waals surface area contributed by atoms with E-state index in [0.29, 0.717) is 17.9 Å². The van der Waals surface area contributed by atoms with Gasteiger partial charge < -0.3 is 19.4 Å². The van der Waals surface area contributed by atoms with Crippen LogP contribution in [-0.4, -0.2) is 48.6 Å². The maximum Gasteiger partial charge on any atom is 0.346 e. The Morgan fingerprint density at radius 2 is 1.86 bits per heavy atom. The summed E-state index contributed by atoms with van der Waals surface area (Å²) >= 11 is 0. The third kappa shape index (κ3) is 3.75. The molecule has 1 N–H and O–H groups in total. The minimum absolute atomic E-state index is 0.433. The molecule has 0 bridgehead atoms. The Morgan fingerprint density at radius 1 is 1.17 bits per heavy atom. The van der Waals surface area contributed by atoms with Crippen LogP contribution in [0.15, 0.2) is 35.4 Å². The summed E-state index contributed by atoms with van der Waals surface area (Å²) in [5, 5.41) is 7.80. The van der Waals surface area contributed by atoms with Crippen molar-refractivity contribution >= 4 is 18.2 Å². The highest BCUT2D eigenvalue weighted by molar-refractivity contribution is 6.07. The molecule has 3 rings (SSSR count). The fourth-order valence-corrected chi connectivity index (χ4v) is 3.45. The smallest absolute Gasteiger partial charge is 0.346 e. The van der Waals surface area contributed by atoms with Gasteiger partial charge >= 0.3 is 6.03 Å². The van der Waals surface area contributed by atoms with Gasteiger partial charge in [0.05, 0.1) is 19.9 Å². The summed E-state index contributed by atoms with van der Waals surface area (Å²) in [5.41, 5.74) is 2.37. The van der Waals surface area contributed by atoms with Gasteiger partial charge in [0.2, 0.25) is 0 Å². The monoisotopic (exact) mass is 398 g/mol. The van der Waals surface area contributed by atoms with E-state index in [2.05, 4.69) is 15.0 Å². The maximum absolute atomic E-state index is 13.0. The molecule has 1 aliphatic heterocycles. The van der Waals surface area contributed by atoms with Gasteiger partial charge in [-0.05, 0) is 44.5 Å². The molecule has 29 heavy (non-hydrogen) atoms. The molecule has 1 saturated heterocycles. The van der Waals surface area contributed by atoms with Crippen molar-refractivity contribution in [3.05, 3.63) is 52.8 Å². The molecule has 1 unspecified atom stereocenters. The van der Waals surface area contributed by atoms with E-state index in [9.17, 15) is 9.59 Å². The molecule has 2 heterocycles. The van der Waals surface area contributed by atoms with Crippen LogP contribution in [0, 0.1) is 13.8 Å². The van der Waals surface area contributed by atoms with E-state index >= 15 is 0 Å². The number of hydrazone groups is 1. The highest BCUT2D eigenvalue weighted by Gasteiger charge is 2.49. The van der Waals surface area contributed by atoms with E-state index < -0.39 is 17.5 Å². The fraction of sp³-hybridized carbons (Fsp3) is 0.381. The molecule has 1 aromatic heterocycles. The Kier molecular flexibility index (Phi) is 5.74. The molecule has 2 aromatic rings. The summed E-state index contributed by atoms with van der Waals surface area (Å²) < 4.78 is 12.4. The molecule has 1 aliphatic rings. The lowest BCUT2D eigenvalue weighted by molar-refractivity contribution is -0.131. The molecule has 8 nitrogen and oxygen atoms in total. The topological polar surface area (TPSA) is 85.2 Å². The molecule has 0 radical (unpaired) electrons. The van der Waals surface area contributed by atoms with Gasteiger partial charge in [-0.3, -0.25) is 4.79 Å². The van der Waals surface area contributed by atoms with Crippen LogP contribution in [0.5, 0.6) is 5.75 Å². The number of methoxy groups -OCH3 is 2. The number of carbonyl (C=O) groups is 2. The van der Waals surface area contributed by atoms with Crippen molar-refractivity contribution in [3.8, 4) is 5.75 Å². The second-order valence-electron chi connectivity index (χ2n) is 7.12. The lowest BCUT2D eigenvalue weighted by Gasteiger charge is -2.21. The van der Waals surface area contributed by atoms with Crippen LogP contribution >= 0.6 is 0 Å². The second-order valence-corrected chi connectivity index (χ2v) is 7.12. The third-order valence-corrected chi connectivity index (χ3v) is 5.28. The van der Waals surface area contributed by atoms with Crippen molar-refractivity contribution in [2.24, 2.45) is 5.10 Å². The standard InChI is InChI=1S/C21H26N4O4/c1-14-12-16(15(2)24(14)10-11-28-4)13-22-25-19(26)21(3,23-20(25)27)17-6-8-18(29-5)9-7-17/h6-9,12-13H,10-11H2,1-5H3,(H,23,27)/b22-13+. The number of imide groups is 1. The number of amides is 3. The Balaban J connectivity index is 1.83. The molecule has 154 valence electrons. The highest BCUT2D eigenvalue weighted by atomic mass is 16.5. The molecular formula is C21H26N4O4. The Bertz CT molecular complexity index is 948. The first-order valence-electron chi connectivity index (χ1n) is 9.32. The maximum atomic E-state index is 13.0. The van der Waals surface area contributed by atoms with E-state index in [1.165, 1.54) is 0 Å². The number of urea groups is 1. The van der Waals surface area contributed by atoms with Crippen molar-refractivity contribution in [3.63, 3.8) is 0 Å². The number of nitrogens with zero attached hydrogens (tertiary/aromatic N) is 3. The average molecular weight is 398 g/mol. The van der Waals surface area contributed by atoms with Crippen molar-refractivity contribution in [2.45, 2.75) is 32.9 Å². The summed E-state index contributed by atoms with van der Waals surface area (Å²) in [6.45, 7) is 6.95. The van der Waals surface area contributed by atoms with E-state index in [1.807, 2.05) is 19.9 Å². The fourth-order valence-electron chi connectivity index (χ4n) is 3.45. The molecule has 8 heteroatoms. The number of ether oxygens (including phenoxy) is 2. The molecule has 0 saturated carbocycles. The zero-order valence-corrected chi connectivity index (χ0v) is 17.4. The Morgan fingerprint density at radius 3 is 2.48 bits per heavy atom. The van der Waals surface area contributed by atoms with Crippen molar-refractivity contribution in [1.29, 1.82) is 0 Å². The first-order chi connectivity index (χ1) is 13.8. The van der Waals surface area contributed by atoms with E-state index in [1.54, 1.807) is 51.6 Å². The number of aryl methyl sites for hydroxylation is 1. The lowest BCUT2D eigenvalue weighted by Crippen LogP contribution is -2.40. The highest BCUT2D eigenvalue weighted by Crippen LogP contribution is 2.30. The van der Waals surface area contributed by atoms with Crippen LogP contribution in [0.25, 0.3) is 0 Å². The minimum Gasteiger partial charge on any atom is -0.497 e.